The van der Waals surface area contributed by atoms with Crippen LogP contribution in [0.1, 0.15) is 29.7 Å². The Morgan fingerprint density at radius 2 is 1.61 bits per heavy atom. The summed E-state index contributed by atoms with van der Waals surface area (Å²) in [7, 11) is 0. The summed E-state index contributed by atoms with van der Waals surface area (Å²) in [5, 5.41) is 6.18. The molecule has 1 saturated heterocycles. The highest BCUT2D eigenvalue weighted by Crippen LogP contribution is 2.29. The number of hydrogen-bond acceptors (Lipinski definition) is 7. The molecule has 0 radical (unpaired) electrons. The van der Waals surface area contributed by atoms with Crippen LogP contribution in [-0.2, 0) is 19.3 Å². The molecule has 3 heterocycles. The van der Waals surface area contributed by atoms with Gasteiger partial charge in [-0.2, -0.15) is 28.1 Å². The molecule has 0 atom stereocenters. The van der Waals surface area contributed by atoms with Crippen molar-refractivity contribution in [3.8, 4) is 0 Å². The predicted octanol–water partition coefficient (Wildman–Crippen LogP) is 4.11. The molecule has 3 aromatic rings. The van der Waals surface area contributed by atoms with Crippen molar-refractivity contribution >= 4 is 17.8 Å². The lowest BCUT2D eigenvalue weighted by molar-refractivity contribution is -0.137. The Hall–Kier alpha value is -3.43. The van der Waals surface area contributed by atoms with Crippen LogP contribution in [0.4, 0.5) is 31.0 Å². The van der Waals surface area contributed by atoms with Crippen LogP contribution in [0.5, 0.6) is 0 Å². The standard InChI is InChI=1S/C21H22F3N7/c22-21(23,24)16-7-5-6-15(12-16)13-26-18-28-19(27-14-17-8-1-2-9-25-17)30-20(29-18)31-10-3-4-11-31/h1-2,5-9,12H,3-4,10-11,13-14H2,(H2,26,27,28,29,30). The molecule has 2 N–H and O–H groups in total. The summed E-state index contributed by atoms with van der Waals surface area (Å²) in [5.74, 6) is 1.23. The summed E-state index contributed by atoms with van der Waals surface area (Å²) in [5.41, 5.74) is 0.642. The Bertz CT molecular complexity index is 1010. The van der Waals surface area contributed by atoms with Gasteiger partial charge in [-0.3, -0.25) is 4.98 Å². The first-order valence-electron chi connectivity index (χ1n) is 10.0. The Morgan fingerprint density at radius 3 is 2.29 bits per heavy atom. The average molecular weight is 429 g/mol. The van der Waals surface area contributed by atoms with Crippen molar-refractivity contribution in [2.45, 2.75) is 32.1 Å². The van der Waals surface area contributed by atoms with Crippen molar-refractivity contribution in [3.05, 3.63) is 65.5 Å². The van der Waals surface area contributed by atoms with Gasteiger partial charge in [0.15, 0.2) is 0 Å². The highest BCUT2D eigenvalue weighted by molar-refractivity contribution is 5.45. The van der Waals surface area contributed by atoms with Crippen LogP contribution in [-0.4, -0.2) is 33.0 Å². The number of aromatic nitrogens is 4. The second-order valence-corrected chi connectivity index (χ2v) is 7.20. The van der Waals surface area contributed by atoms with Crippen molar-refractivity contribution in [3.63, 3.8) is 0 Å². The van der Waals surface area contributed by atoms with E-state index in [1.165, 1.54) is 6.07 Å². The second kappa shape index (κ2) is 9.15. The number of nitrogens with one attached hydrogen (secondary N) is 2. The maximum atomic E-state index is 13.0. The first-order valence-corrected chi connectivity index (χ1v) is 10.0. The Kier molecular flexibility index (Phi) is 6.15. The summed E-state index contributed by atoms with van der Waals surface area (Å²) < 4.78 is 38.9. The van der Waals surface area contributed by atoms with E-state index in [2.05, 4.69) is 35.5 Å². The topological polar surface area (TPSA) is 78.9 Å². The zero-order chi connectivity index (χ0) is 21.7. The van der Waals surface area contributed by atoms with Gasteiger partial charge >= 0.3 is 6.18 Å². The molecule has 1 aromatic carbocycles. The minimum absolute atomic E-state index is 0.160. The number of alkyl halides is 3. The van der Waals surface area contributed by atoms with Gasteiger partial charge in [-0.1, -0.05) is 18.2 Å². The largest absolute Gasteiger partial charge is 0.416 e. The molecule has 4 rings (SSSR count). The zero-order valence-corrected chi connectivity index (χ0v) is 16.7. The summed E-state index contributed by atoms with van der Waals surface area (Å²) in [6.07, 6.45) is -0.540. The third-order valence-electron chi connectivity index (χ3n) is 4.87. The number of halogens is 3. The van der Waals surface area contributed by atoms with Crippen molar-refractivity contribution in [2.24, 2.45) is 0 Å². The van der Waals surface area contributed by atoms with E-state index in [1.54, 1.807) is 12.3 Å². The van der Waals surface area contributed by atoms with Crippen molar-refractivity contribution < 1.29 is 13.2 Å². The lowest BCUT2D eigenvalue weighted by Gasteiger charge is -2.17. The van der Waals surface area contributed by atoms with Gasteiger partial charge in [0.05, 0.1) is 17.8 Å². The first-order chi connectivity index (χ1) is 15.0. The van der Waals surface area contributed by atoms with Gasteiger partial charge < -0.3 is 15.5 Å². The van der Waals surface area contributed by atoms with Crippen LogP contribution < -0.4 is 15.5 Å². The van der Waals surface area contributed by atoms with E-state index in [0.29, 0.717) is 30.0 Å². The van der Waals surface area contributed by atoms with E-state index in [0.717, 1.165) is 43.8 Å². The van der Waals surface area contributed by atoms with Gasteiger partial charge in [-0.25, -0.2) is 0 Å². The summed E-state index contributed by atoms with van der Waals surface area (Å²) in [6.45, 7) is 2.32. The number of benzene rings is 1. The van der Waals surface area contributed by atoms with Crippen LogP contribution in [0, 0.1) is 0 Å². The van der Waals surface area contributed by atoms with Gasteiger partial charge in [0.1, 0.15) is 0 Å². The Balaban J connectivity index is 1.51. The molecule has 0 bridgehead atoms. The second-order valence-electron chi connectivity index (χ2n) is 7.20. The quantitative estimate of drug-likeness (QED) is 0.585. The van der Waals surface area contributed by atoms with E-state index >= 15 is 0 Å². The molecule has 0 aliphatic carbocycles. The molecular formula is C21H22F3N7. The highest BCUT2D eigenvalue weighted by Gasteiger charge is 2.30. The maximum absolute atomic E-state index is 13.0. The molecule has 1 aliphatic rings. The van der Waals surface area contributed by atoms with Crippen LogP contribution in [0.3, 0.4) is 0 Å². The van der Waals surface area contributed by atoms with Crippen LogP contribution in [0.2, 0.25) is 0 Å². The Morgan fingerprint density at radius 1 is 0.871 bits per heavy atom. The molecule has 0 unspecified atom stereocenters. The zero-order valence-electron chi connectivity index (χ0n) is 16.7. The molecule has 0 spiro atoms. The first kappa shape index (κ1) is 20.8. The molecule has 2 aromatic heterocycles. The van der Waals surface area contributed by atoms with Crippen LogP contribution in [0.15, 0.2) is 48.7 Å². The smallest absolute Gasteiger partial charge is 0.350 e. The van der Waals surface area contributed by atoms with Gasteiger partial charge in [-0.15, -0.1) is 0 Å². The highest BCUT2D eigenvalue weighted by atomic mass is 19.4. The fourth-order valence-corrected chi connectivity index (χ4v) is 3.29. The number of hydrogen-bond donors (Lipinski definition) is 2. The molecule has 10 heteroatoms. The molecule has 162 valence electrons. The molecule has 31 heavy (non-hydrogen) atoms. The van der Waals surface area contributed by atoms with Crippen LogP contribution in [0.25, 0.3) is 0 Å². The lowest BCUT2D eigenvalue weighted by atomic mass is 10.1. The van der Waals surface area contributed by atoms with E-state index in [4.69, 9.17) is 0 Å². The fourth-order valence-electron chi connectivity index (χ4n) is 3.29. The van der Waals surface area contributed by atoms with E-state index in [1.807, 2.05) is 18.2 Å². The van der Waals surface area contributed by atoms with E-state index < -0.39 is 11.7 Å². The van der Waals surface area contributed by atoms with Crippen molar-refractivity contribution in [1.29, 1.82) is 0 Å². The maximum Gasteiger partial charge on any atom is 0.416 e. The van der Waals surface area contributed by atoms with E-state index in [9.17, 15) is 13.2 Å². The van der Waals surface area contributed by atoms with E-state index in [-0.39, 0.29) is 6.54 Å². The molecule has 0 amide bonds. The van der Waals surface area contributed by atoms with Gasteiger partial charge in [-0.05, 0) is 42.7 Å². The monoisotopic (exact) mass is 429 g/mol. The lowest BCUT2D eigenvalue weighted by Crippen LogP contribution is -2.22. The number of pyridine rings is 1. The fraction of sp³-hybridized carbons (Fsp3) is 0.333. The van der Waals surface area contributed by atoms with Crippen LogP contribution >= 0.6 is 0 Å². The SMILES string of the molecule is FC(F)(F)c1cccc(CNc2nc(NCc3ccccn3)nc(N3CCCC3)n2)c1. The minimum atomic E-state index is -4.38. The minimum Gasteiger partial charge on any atom is -0.350 e. The summed E-state index contributed by atoms with van der Waals surface area (Å²) in [4.78, 5) is 19.7. The Labute approximate surface area is 177 Å². The number of rotatable bonds is 7. The third kappa shape index (κ3) is 5.59. The van der Waals surface area contributed by atoms with Gasteiger partial charge in [0.25, 0.3) is 0 Å². The predicted molar refractivity (Wildman–Crippen MR) is 112 cm³/mol. The van der Waals surface area contributed by atoms with Gasteiger partial charge in [0, 0.05) is 25.8 Å². The van der Waals surface area contributed by atoms with Crippen molar-refractivity contribution in [2.75, 3.05) is 28.6 Å². The third-order valence-corrected chi connectivity index (χ3v) is 4.87. The molecule has 1 fully saturated rings. The molecular weight excluding hydrogens is 407 g/mol. The average Bonchev–Trinajstić information content (AvgIpc) is 3.32. The normalized spacial score (nSPS) is 14.0. The van der Waals surface area contributed by atoms with Gasteiger partial charge in [0.2, 0.25) is 17.8 Å². The molecule has 7 nitrogen and oxygen atoms in total. The number of nitrogens with zero attached hydrogens (tertiary/aromatic N) is 5. The summed E-state index contributed by atoms with van der Waals surface area (Å²) in [6, 6.07) is 10.8. The number of anilines is 3. The van der Waals surface area contributed by atoms with Crippen molar-refractivity contribution in [1.82, 2.24) is 19.9 Å². The summed E-state index contributed by atoms with van der Waals surface area (Å²) >= 11 is 0. The molecule has 0 saturated carbocycles. The molecule has 1 aliphatic heterocycles.